The maximum Gasteiger partial charge on any atom is 0.335 e. The van der Waals surface area contributed by atoms with Crippen LogP contribution in [0.1, 0.15) is 15.9 Å². The first-order chi connectivity index (χ1) is 8.58. The Balaban J connectivity index is 2.30. The minimum absolute atomic E-state index is 0.323. The molecule has 18 heavy (non-hydrogen) atoms. The number of hydrogen-bond donors (Lipinski definition) is 1. The number of carbonyl (C=O) groups is 1. The van der Waals surface area contributed by atoms with Gasteiger partial charge in [0.15, 0.2) is 0 Å². The first-order valence-corrected chi connectivity index (χ1v) is 6.95. The van der Waals surface area contributed by atoms with Crippen molar-refractivity contribution in [2.24, 2.45) is 0 Å². The molecule has 0 saturated carbocycles. The molecule has 0 spiro atoms. The van der Waals surface area contributed by atoms with Crippen molar-refractivity contribution in [1.29, 1.82) is 0 Å². The molecule has 0 radical (unpaired) electrons. The molecule has 2 aromatic rings. The lowest BCUT2D eigenvalue weighted by Crippen LogP contribution is -1.96. The summed E-state index contributed by atoms with van der Waals surface area (Å²) in [6.07, 6.45) is 0. The van der Waals surface area contributed by atoms with Crippen LogP contribution in [0.3, 0.4) is 0 Å². The summed E-state index contributed by atoms with van der Waals surface area (Å²) < 4.78 is 1.04. The number of carboxylic acids is 1. The maximum atomic E-state index is 10.9. The second-order valence-electron chi connectivity index (χ2n) is 3.82. The predicted molar refractivity (Wildman–Crippen MR) is 76.4 cm³/mol. The largest absolute Gasteiger partial charge is 0.478 e. The average molecular weight is 323 g/mol. The van der Waals surface area contributed by atoms with Gasteiger partial charge in [0.25, 0.3) is 0 Å². The first kappa shape index (κ1) is 13.2. The summed E-state index contributed by atoms with van der Waals surface area (Å²) in [5, 5.41) is 8.92. The van der Waals surface area contributed by atoms with E-state index in [0.717, 1.165) is 19.8 Å². The zero-order valence-corrected chi connectivity index (χ0v) is 12.1. The van der Waals surface area contributed by atoms with Crippen LogP contribution in [0.5, 0.6) is 0 Å². The molecular weight excluding hydrogens is 312 g/mol. The number of halogens is 1. The van der Waals surface area contributed by atoms with E-state index in [9.17, 15) is 4.79 Å². The highest BCUT2D eigenvalue weighted by molar-refractivity contribution is 9.10. The van der Waals surface area contributed by atoms with E-state index in [2.05, 4.69) is 15.9 Å². The Kier molecular flexibility index (Phi) is 4.09. The third-order valence-corrected chi connectivity index (χ3v) is 4.69. The van der Waals surface area contributed by atoms with Crippen LogP contribution in [0.15, 0.2) is 56.7 Å². The van der Waals surface area contributed by atoms with Gasteiger partial charge in [-0.05, 0) is 58.7 Å². The van der Waals surface area contributed by atoms with E-state index in [0.29, 0.717) is 5.56 Å². The third-order valence-electron chi connectivity index (χ3n) is 2.48. The molecule has 0 atom stereocenters. The van der Waals surface area contributed by atoms with Gasteiger partial charge in [0.05, 0.1) is 5.56 Å². The molecule has 0 bridgehead atoms. The van der Waals surface area contributed by atoms with E-state index in [4.69, 9.17) is 5.11 Å². The highest BCUT2D eigenvalue weighted by Crippen LogP contribution is 2.35. The monoisotopic (exact) mass is 322 g/mol. The van der Waals surface area contributed by atoms with Crippen LogP contribution in [-0.4, -0.2) is 11.1 Å². The zero-order chi connectivity index (χ0) is 13.1. The second-order valence-corrected chi connectivity index (χ2v) is 5.76. The Bertz CT molecular complexity index is 596. The van der Waals surface area contributed by atoms with Crippen molar-refractivity contribution in [3.05, 3.63) is 58.1 Å². The Morgan fingerprint density at radius 1 is 1.17 bits per heavy atom. The molecule has 92 valence electrons. The standard InChI is InChI=1S/C14H11BrO2S/c1-9-8-10(14(16)17)6-7-12(9)18-13-5-3-2-4-11(13)15/h2-8H,1H3,(H,16,17). The van der Waals surface area contributed by atoms with E-state index in [-0.39, 0.29) is 0 Å². The number of aromatic carboxylic acids is 1. The van der Waals surface area contributed by atoms with Crippen LogP contribution in [0.25, 0.3) is 0 Å². The molecule has 0 heterocycles. The van der Waals surface area contributed by atoms with Crippen molar-refractivity contribution in [3.8, 4) is 0 Å². The summed E-state index contributed by atoms with van der Waals surface area (Å²) in [7, 11) is 0. The van der Waals surface area contributed by atoms with Gasteiger partial charge in [-0.25, -0.2) is 4.79 Å². The molecule has 0 aliphatic rings. The molecule has 0 saturated heterocycles. The van der Waals surface area contributed by atoms with Crippen LogP contribution in [-0.2, 0) is 0 Å². The summed E-state index contributed by atoms with van der Waals surface area (Å²) in [6.45, 7) is 1.92. The highest BCUT2D eigenvalue weighted by Gasteiger charge is 2.08. The molecule has 2 aromatic carbocycles. The molecule has 0 aliphatic heterocycles. The van der Waals surface area contributed by atoms with E-state index in [1.807, 2.05) is 37.3 Å². The van der Waals surface area contributed by atoms with Gasteiger partial charge in [-0.2, -0.15) is 0 Å². The molecule has 0 aromatic heterocycles. The zero-order valence-electron chi connectivity index (χ0n) is 9.68. The van der Waals surface area contributed by atoms with Crippen LogP contribution < -0.4 is 0 Å². The predicted octanol–water partition coefficient (Wildman–Crippen LogP) is 4.61. The third kappa shape index (κ3) is 2.94. The minimum Gasteiger partial charge on any atom is -0.478 e. The quantitative estimate of drug-likeness (QED) is 0.896. The van der Waals surface area contributed by atoms with Gasteiger partial charge in [-0.3, -0.25) is 0 Å². The van der Waals surface area contributed by atoms with Crippen molar-refractivity contribution in [2.75, 3.05) is 0 Å². The molecule has 2 nitrogen and oxygen atoms in total. The number of benzene rings is 2. The van der Waals surface area contributed by atoms with E-state index in [1.165, 1.54) is 0 Å². The Morgan fingerprint density at radius 2 is 1.89 bits per heavy atom. The second kappa shape index (κ2) is 5.59. The fourth-order valence-corrected chi connectivity index (χ4v) is 2.98. The number of hydrogen-bond acceptors (Lipinski definition) is 2. The summed E-state index contributed by atoms with van der Waals surface area (Å²) in [6, 6.07) is 13.1. The first-order valence-electron chi connectivity index (χ1n) is 5.34. The average Bonchev–Trinajstić information content (AvgIpc) is 2.34. The van der Waals surface area contributed by atoms with E-state index < -0.39 is 5.97 Å². The fourth-order valence-electron chi connectivity index (χ4n) is 1.54. The van der Waals surface area contributed by atoms with Crippen molar-refractivity contribution in [3.63, 3.8) is 0 Å². The van der Waals surface area contributed by atoms with Crippen LogP contribution in [0, 0.1) is 6.92 Å². The highest BCUT2D eigenvalue weighted by atomic mass is 79.9. The van der Waals surface area contributed by atoms with E-state index >= 15 is 0 Å². The number of rotatable bonds is 3. The molecule has 0 unspecified atom stereocenters. The Labute approximate surface area is 118 Å². The normalized spacial score (nSPS) is 10.3. The van der Waals surface area contributed by atoms with Crippen molar-refractivity contribution in [1.82, 2.24) is 0 Å². The van der Waals surface area contributed by atoms with Gasteiger partial charge < -0.3 is 5.11 Å². The van der Waals surface area contributed by atoms with Crippen LogP contribution in [0.4, 0.5) is 0 Å². The Morgan fingerprint density at radius 3 is 2.50 bits per heavy atom. The molecule has 1 N–H and O–H groups in total. The van der Waals surface area contributed by atoms with Gasteiger partial charge in [0, 0.05) is 14.3 Å². The molecular formula is C14H11BrO2S. The summed E-state index contributed by atoms with van der Waals surface area (Å²) in [5.74, 6) is -0.893. The van der Waals surface area contributed by atoms with Crippen molar-refractivity contribution >= 4 is 33.7 Å². The van der Waals surface area contributed by atoms with Crippen LogP contribution >= 0.6 is 27.7 Å². The van der Waals surface area contributed by atoms with Crippen molar-refractivity contribution in [2.45, 2.75) is 16.7 Å². The fraction of sp³-hybridized carbons (Fsp3) is 0.0714. The SMILES string of the molecule is Cc1cc(C(=O)O)ccc1Sc1ccccc1Br. The number of aryl methyl sites for hydroxylation is 1. The van der Waals surface area contributed by atoms with Gasteiger partial charge in [-0.1, -0.05) is 23.9 Å². The summed E-state index contributed by atoms with van der Waals surface area (Å²) in [5.41, 5.74) is 1.29. The lowest BCUT2D eigenvalue weighted by atomic mass is 10.1. The van der Waals surface area contributed by atoms with Gasteiger partial charge in [-0.15, -0.1) is 0 Å². The molecule has 2 rings (SSSR count). The molecule has 4 heteroatoms. The van der Waals surface area contributed by atoms with Gasteiger partial charge in [0.2, 0.25) is 0 Å². The Hall–Kier alpha value is -1.26. The van der Waals surface area contributed by atoms with Crippen molar-refractivity contribution < 1.29 is 9.90 Å². The van der Waals surface area contributed by atoms with Gasteiger partial charge >= 0.3 is 5.97 Å². The van der Waals surface area contributed by atoms with E-state index in [1.54, 1.807) is 23.9 Å². The molecule has 0 fully saturated rings. The number of carboxylic acid groups (broad SMARTS) is 1. The maximum absolute atomic E-state index is 10.9. The van der Waals surface area contributed by atoms with Gasteiger partial charge in [0.1, 0.15) is 0 Å². The lowest BCUT2D eigenvalue weighted by Gasteiger charge is -2.08. The molecule has 0 aliphatic carbocycles. The summed E-state index contributed by atoms with van der Waals surface area (Å²) >= 11 is 5.12. The minimum atomic E-state index is -0.893. The van der Waals surface area contributed by atoms with Crippen LogP contribution in [0.2, 0.25) is 0 Å². The topological polar surface area (TPSA) is 37.3 Å². The lowest BCUT2D eigenvalue weighted by molar-refractivity contribution is 0.0696. The smallest absolute Gasteiger partial charge is 0.335 e. The molecule has 0 amide bonds. The summed E-state index contributed by atoms with van der Waals surface area (Å²) in [4.78, 5) is 13.0.